The standard InChI is InChI=1S/C27H31Cl2N9O2.2ClH/c1-16-11-18(4-6-22(16)38(9-7-28)10-8-29)34-26(40)17-3-5-20-21(12-17)36-25(35-20)23-13-19(15-37(23)2)33-24(39)14-32-27(30)31;;/h3-6,11-13,15H,7-10,14H2,1-2H3,(H,33,39)(H,34,40)(H,35,36)(H4,30,31,32);2*1H. The Labute approximate surface area is 265 Å². The van der Waals surface area contributed by atoms with Gasteiger partial charge in [-0.2, -0.15) is 0 Å². The summed E-state index contributed by atoms with van der Waals surface area (Å²) in [5, 5.41) is 15.3. The molecule has 0 saturated carbocycles. The molecule has 2 amide bonds. The fraction of sp³-hybridized carbons (Fsp3) is 0.259. The largest absolute Gasteiger partial charge is 0.370 e. The van der Waals surface area contributed by atoms with Gasteiger partial charge in [0.25, 0.3) is 5.91 Å². The molecule has 0 spiro atoms. The number of halogens is 4. The summed E-state index contributed by atoms with van der Waals surface area (Å²) in [5.74, 6) is 0.712. The van der Waals surface area contributed by atoms with Gasteiger partial charge in [-0.25, -0.2) is 4.98 Å². The molecular formula is C27H33Cl4N9O2. The lowest BCUT2D eigenvalue weighted by atomic mass is 10.1. The van der Waals surface area contributed by atoms with Crippen molar-refractivity contribution in [2.45, 2.75) is 6.92 Å². The van der Waals surface area contributed by atoms with Gasteiger partial charge in [0.1, 0.15) is 0 Å². The molecule has 0 atom stereocenters. The summed E-state index contributed by atoms with van der Waals surface area (Å²) in [6.45, 7) is 3.24. The van der Waals surface area contributed by atoms with E-state index in [1.807, 2.05) is 42.8 Å². The second kappa shape index (κ2) is 15.5. The molecule has 2 heterocycles. The molecule has 0 saturated heterocycles. The van der Waals surface area contributed by atoms with Crippen molar-refractivity contribution in [2.75, 3.05) is 46.9 Å². The van der Waals surface area contributed by atoms with Crippen LogP contribution in [0.25, 0.3) is 22.6 Å². The van der Waals surface area contributed by atoms with Crippen molar-refractivity contribution >= 4 is 93.9 Å². The van der Waals surface area contributed by atoms with Gasteiger partial charge < -0.3 is 36.1 Å². The van der Waals surface area contributed by atoms with Crippen molar-refractivity contribution in [1.29, 1.82) is 5.41 Å². The van der Waals surface area contributed by atoms with Crippen LogP contribution in [-0.4, -0.2) is 63.7 Å². The Kier molecular flexibility index (Phi) is 12.8. The molecule has 4 aromatic rings. The number of fused-ring (bicyclic) bond motifs is 1. The lowest BCUT2D eigenvalue weighted by Gasteiger charge is -2.25. The Bertz CT molecular complexity index is 1550. The third-order valence-corrected chi connectivity index (χ3v) is 6.56. The number of nitrogens with one attached hydrogen (secondary N) is 5. The Morgan fingerprint density at radius 1 is 1.05 bits per heavy atom. The molecule has 226 valence electrons. The van der Waals surface area contributed by atoms with Gasteiger partial charge in [-0.15, -0.1) is 48.0 Å². The van der Waals surface area contributed by atoms with Gasteiger partial charge in [-0.3, -0.25) is 15.0 Å². The highest BCUT2D eigenvalue weighted by Gasteiger charge is 2.15. The summed E-state index contributed by atoms with van der Waals surface area (Å²) in [5.41, 5.74) is 11.1. The summed E-state index contributed by atoms with van der Waals surface area (Å²) in [6.07, 6.45) is 1.75. The number of guanidine groups is 1. The fourth-order valence-electron chi connectivity index (χ4n) is 4.37. The van der Waals surface area contributed by atoms with Crippen molar-refractivity contribution in [2.24, 2.45) is 12.8 Å². The highest BCUT2D eigenvalue weighted by molar-refractivity contribution is 6.18. The van der Waals surface area contributed by atoms with Crippen LogP contribution >= 0.6 is 48.0 Å². The number of aromatic amines is 1. The second-order valence-corrected chi connectivity index (χ2v) is 9.93. The van der Waals surface area contributed by atoms with E-state index in [-0.39, 0.29) is 49.1 Å². The molecule has 0 aliphatic heterocycles. The minimum atomic E-state index is -0.333. The maximum absolute atomic E-state index is 13.1. The molecule has 0 radical (unpaired) electrons. The Balaban J connectivity index is 0.00000308. The number of alkyl halides is 2. The SMILES string of the molecule is Cc1cc(NC(=O)c2ccc3[nH]c(-c4cc(NC(=O)CNC(=N)N)cn4C)nc3c2)ccc1N(CCCl)CCCl.Cl.Cl. The first-order valence-electron chi connectivity index (χ1n) is 12.5. The molecule has 0 unspecified atom stereocenters. The van der Waals surface area contributed by atoms with Gasteiger partial charge in [0.15, 0.2) is 11.8 Å². The number of anilines is 3. The number of hydrogen-bond donors (Lipinski definition) is 6. The zero-order valence-corrected chi connectivity index (χ0v) is 26.1. The zero-order valence-electron chi connectivity index (χ0n) is 23.0. The Morgan fingerprint density at radius 3 is 2.40 bits per heavy atom. The van der Waals surface area contributed by atoms with E-state index < -0.39 is 0 Å². The van der Waals surface area contributed by atoms with E-state index in [0.29, 0.717) is 53.1 Å². The van der Waals surface area contributed by atoms with E-state index in [0.717, 1.165) is 22.5 Å². The van der Waals surface area contributed by atoms with Gasteiger partial charge in [0.05, 0.1) is 29.0 Å². The number of aryl methyl sites for hydroxylation is 2. The number of carbonyl (C=O) groups is 2. The molecular weight excluding hydrogens is 624 g/mol. The van der Waals surface area contributed by atoms with Crippen molar-refractivity contribution in [3.8, 4) is 11.5 Å². The average Bonchev–Trinajstić information content (AvgIpc) is 3.49. The second-order valence-electron chi connectivity index (χ2n) is 9.18. The number of nitrogens with zero attached hydrogens (tertiary/aromatic N) is 3. The monoisotopic (exact) mass is 655 g/mol. The maximum atomic E-state index is 13.1. The highest BCUT2D eigenvalue weighted by Crippen LogP contribution is 2.27. The number of benzene rings is 2. The molecule has 0 aliphatic rings. The maximum Gasteiger partial charge on any atom is 0.255 e. The summed E-state index contributed by atoms with van der Waals surface area (Å²) in [7, 11) is 1.84. The van der Waals surface area contributed by atoms with Crippen LogP contribution in [0.4, 0.5) is 17.1 Å². The first-order chi connectivity index (χ1) is 19.2. The van der Waals surface area contributed by atoms with Crippen molar-refractivity contribution < 1.29 is 9.59 Å². The molecule has 7 N–H and O–H groups in total. The predicted octanol–water partition coefficient (Wildman–Crippen LogP) is 4.68. The van der Waals surface area contributed by atoms with E-state index >= 15 is 0 Å². The average molecular weight is 657 g/mol. The van der Waals surface area contributed by atoms with Crippen LogP contribution in [0.3, 0.4) is 0 Å². The van der Waals surface area contributed by atoms with Crippen LogP contribution in [0.15, 0.2) is 48.7 Å². The molecule has 2 aromatic carbocycles. The van der Waals surface area contributed by atoms with Crippen LogP contribution < -0.4 is 26.6 Å². The number of aromatic nitrogens is 3. The number of imidazole rings is 1. The summed E-state index contributed by atoms with van der Waals surface area (Å²) < 4.78 is 1.83. The van der Waals surface area contributed by atoms with E-state index in [1.165, 1.54) is 0 Å². The molecule has 42 heavy (non-hydrogen) atoms. The summed E-state index contributed by atoms with van der Waals surface area (Å²) in [6, 6.07) is 12.8. The van der Waals surface area contributed by atoms with Crippen LogP contribution in [0.2, 0.25) is 0 Å². The van der Waals surface area contributed by atoms with E-state index in [9.17, 15) is 9.59 Å². The lowest BCUT2D eigenvalue weighted by molar-refractivity contribution is -0.115. The normalized spacial score (nSPS) is 10.4. The summed E-state index contributed by atoms with van der Waals surface area (Å²) >= 11 is 11.9. The predicted molar refractivity (Wildman–Crippen MR) is 176 cm³/mol. The number of rotatable bonds is 11. The lowest BCUT2D eigenvalue weighted by Crippen LogP contribution is -2.36. The van der Waals surface area contributed by atoms with Crippen LogP contribution in [0, 0.1) is 12.3 Å². The molecule has 4 rings (SSSR count). The fourth-order valence-corrected chi connectivity index (χ4v) is 4.77. The van der Waals surface area contributed by atoms with Crippen molar-refractivity contribution in [3.63, 3.8) is 0 Å². The summed E-state index contributed by atoms with van der Waals surface area (Å²) in [4.78, 5) is 35.2. The zero-order chi connectivity index (χ0) is 28.8. The molecule has 2 aromatic heterocycles. The van der Waals surface area contributed by atoms with Crippen LogP contribution in [-0.2, 0) is 11.8 Å². The minimum Gasteiger partial charge on any atom is -0.370 e. The highest BCUT2D eigenvalue weighted by atomic mass is 35.5. The first kappa shape index (κ1) is 34.6. The van der Waals surface area contributed by atoms with Gasteiger partial charge in [-0.05, 0) is 55.0 Å². The van der Waals surface area contributed by atoms with Crippen LogP contribution in [0.1, 0.15) is 15.9 Å². The third-order valence-electron chi connectivity index (χ3n) is 6.22. The molecule has 11 nitrogen and oxygen atoms in total. The van der Waals surface area contributed by atoms with Crippen molar-refractivity contribution in [1.82, 2.24) is 19.9 Å². The topological polar surface area (TPSA) is 157 Å². The molecule has 0 bridgehead atoms. The Hall–Kier alpha value is -3.64. The van der Waals surface area contributed by atoms with Gasteiger partial charge in [0.2, 0.25) is 5.91 Å². The smallest absolute Gasteiger partial charge is 0.255 e. The van der Waals surface area contributed by atoms with E-state index in [4.69, 9.17) is 34.3 Å². The van der Waals surface area contributed by atoms with E-state index in [2.05, 4.69) is 30.8 Å². The van der Waals surface area contributed by atoms with Gasteiger partial charge >= 0.3 is 0 Å². The molecule has 0 fully saturated rings. The number of nitrogens with two attached hydrogens (primary N) is 1. The van der Waals surface area contributed by atoms with E-state index in [1.54, 1.807) is 24.4 Å². The number of amides is 2. The molecule has 0 aliphatic carbocycles. The number of hydrogen-bond acceptors (Lipinski definition) is 5. The number of carbonyl (C=O) groups excluding carboxylic acids is 2. The quantitative estimate of drug-likeness (QED) is 0.0782. The van der Waals surface area contributed by atoms with Crippen molar-refractivity contribution in [3.05, 3.63) is 59.8 Å². The molecule has 15 heteroatoms. The van der Waals surface area contributed by atoms with Crippen LogP contribution in [0.5, 0.6) is 0 Å². The minimum absolute atomic E-state index is 0. The number of H-pyrrole nitrogens is 1. The Morgan fingerprint density at radius 2 is 1.76 bits per heavy atom. The van der Waals surface area contributed by atoms with Gasteiger partial charge in [0, 0.05) is 55.0 Å². The van der Waals surface area contributed by atoms with Gasteiger partial charge in [-0.1, -0.05) is 0 Å². The third kappa shape index (κ3) is 8.45. The first-order valence-corrected chi connectivity index (χ1v) is 13.6.